The lowest BCUT2D eigenvalue weighted by molar-refractivity contribution is -0.113. The highest BCUT2D eigenvalue weighted by atomic mass is 35.5. The molecule has 0 aliphatic carbocycles. The minimum absolute atomic E-state index is 0.151. The Morgan fingerprint density at radius 2 is 1.97 bits per heavy atom. The predicted octanol–water partition coefficient (Wildman–Crippen LogP) is 5.88. The van der Waals surface area contributed by atoms with E-state index < -0.39 is 0 Å². The van der Waals surface area contributed by atoms with Gasteiger partial charge in [-0.2, -0.15) is 0 Å². The first-order valence-corrected chi connectivity index (χ1v) is 11.2. The van der Waals surface area contributed by atoms with Crippen LogP contribution in [0, 0.1) is 6.92 Å². The van der Waals surface area contributed by atoms with Gasteiger partial charge in [0.2, 0.25) is 5.91 Å². The van der Waals surface area contributed by atoms with Crippen LogP contribution in [0.3, 0.4) is 0 Å². The summed E-state index contributed by atoms with van der Waals surface area (Å²) in [7, 11) is 0. The average molecular weight is 486 g/mol. The number of hydrogen-bond acceptors (Lipinski definition) is 5. The summed E-state index contributed by atoms with van der Waals surface area (Å²) < 4.78 is 7.64. The van der Waals surface area contributed by atoms with Gasteiger partial charge in [-0.15, -0.1) is 10.2 Å². The maximum Gasteiger partial charge on any atom is 0.234 e. The molecule has 0 saturated carbocycles. The average Bonchev–Trinajstić information content (AvgIpc) is 3.11. The second-order valence-corrected chi connectivity index (χ2v) is 8.45. The summed E-state index contributed by atoms with van der Waals surface area (Å²) in [5, 5.41) is 13.4. The zero-order valence-electron chi connectivity index (χ0n) is 16.3. The molecule has 6 nitrogen and oxygen atoms in total. The van der Waals surface area contributed by atoms with E-state index in [4.69, 9.17) is 39.5 Å². The molecule has 0 fully saturated rings. The quantitative estimate of drug-likeness (QED) is 0.404. The first-order chi connectivity index (χ1) is 14.4. The number of carbonyl (C=O) groups is 1. The van der Waals surface area contributed by atoms with Crippen molar-refractivity contribution in [2.75, 3.05) is 11.1 Å². The Hall–Kier alpha value is -1.93. The van der Waals surface area contributed by atoms with Crippen molar-refractivity contribution in [3.8, 4) is 5.75 Å². The van der Waals surface area contributed by atoms with Gasteiger partial charge in [0.15, 0.2) is 11.0 Å². The van der Waals surface area contributed by atoms with E-state index in [0.717, 1.165) is 5.56 Å². The Kier molecular flexibility index (Phi) is 7.88. The van der Waals surface area contributed by atoms with E-state index in [2.05, 4.69) is 15.5 Å². The molecule has 0 radical (unpaired) electrons. The summed E-state index contributed by atoms with van der Waals surface area (Å²) >= 11 is 19.4. The molecule has 1 amide bonds. The van der Waals surface area contributed by atoms with Gasteiger partial charge in [0.25, 0.3) is 0 Å². The molecule has 0 saturated heterocycles. The largest absolute Gasteiger partial charge is 0.484 e. The molecule has 2 aromatic carbocycles. The van der Waals surface area contributed by atoms with Crippen LogP contribution in [0.25, 0.3) is 0 Å². The highest BCUT2D eigenvalue weighted by molar-refractivity contribution is 7.99. The molecule has 0 unspecified atom stereocenters. The summed E-state index contributed by atoms with van der Waals surface area (Å²) in [6.07, 6.45) is 0. The van der Waals surface area contributed by atoms with E-state index in [-0.39, 0.29) is 18.3 Å². The number of amides is 1. The van der Waals surface area contributed by atoms with E-state index in [9.17, 15) is 4.79 Å². The molecule has 0 bridgehead atoms. The van der Waals surface area contributed by atoms with E-state index >= 15 is 0 Å². The molecule has 0 spiro atoms. The summed E-state index contributed by atoms with van der Waals surface area (Å²) in [6, 6.07) is 10.4. The van der Waals surface area contributed by atoms with E-state index in [0.29, 0.717) is 44.0 Å². The Bertz CT molecular complexity index is 1060. The number of hydrogen-bond donors (Lipinski definition) is 1. The van der Waals surface area contributed by atoms with Crippen LogP contribution >= 0.6 is 46.6 Å². The fourth-order valence-corrected chi connectivity index (χ4v) is 4.10. The van der Waals surface area contributed by atoms with Crippen LogP contribution < -0.4 is 10.1 Å². The van der Waals surface area contributed by atoms with Gasteiger partial charge in [-0.3, -0.25) is 4.79 Å². The monoisotopic (exact) mass is 484 g/mol. The molecule has 30 heavy (non-hydrogen) atoms. The molecule has 1 heterocycles. The van der Waals surface area contributed by atoms with Gasteiger partial charge >= 0.3 is 0 Å². The molecule has 0 atom stereocenters. The van der Waals surface area contributed by atoms with Crippen molar-refractivity contribution in [3.63, 3.8) is 0 Å². The lowest BCUT2D eigenvalue weighted by atomic mass is 10.2. The van der Waals surface area contributed by atoms with Crippen molar-refractivity contribution in [3.05, 3.63) is 62.9 Å². The SMILES string of the molecule is CCn1c(COc2ccc(Cl)cc2Cl)nnc1SCC(=O)Nc1cccc(Cl)c1C. The van der Waals surface area contributed by atoms with Crippen LogP contribution in [0.1, 0.15) is 18.3 Å². The van der Waals surface area contributed by atoms with Gasteiger partial charge in [-0.1, -0.05) is 52.6 Å². The van der Waals surface area contributed by atoms with Crippen molar-refractivity contribution in [2.45, 2.75) is 32.2 Å². The van der Waals surface area contributed by atoms with Crippen LogP contribution in [0.15, 0.2) is 41.6 Å². The number of carbonyl (C=O) groups excluding carboxylic acids is 1. The lowest BCUT2D eigenvalue weighted by Gasteiger charge is -2.11. The number of nitrogens with one attached hydrogen (secondary N) is 1. The number of aromatic nitrogens is 3. The van der Waals surface area contributed by atoms with E-state index in [1.54, 1.807) is 30.3 Å². The molecular weight excluding hydrogens is 467 g/mol. The standard InChI is InChI=1S/C20H19Cl3N4O2S/c1-3-27-18(10-29-17-8-7-13(21)9-15(17)23)25-26-20(27)30-11-19(28)24-16-6-4-5-14(22)12(16)2/h4-9H,3,10-11H2,1-2H3,(H,24,28). The third kappa shape index (κ3) is 5.60. The topological polar surface area (TPSA) is 69.0 Å². The third-order valence-electron chi connectivity index (χ3n) is 4.23. The minimum atomic E-state index is -0.151. The van der Waals surface area contributed by atoms with Gasteiger partial charge in [0.05, 0.1) is 10.8 Å². The Labute approximate surface area is 193 Å². The molecule has 1 aromatic heterocycles. The first kappa shape index (κ1) is 22.7. The van der Waals surface area contributed by atoms with Crippen molar-refractivity contribution in [1.82, 2.24) is 14.8 Å². The molecule has 158 valence electrons. The number of thioether (sulfide) groups is 1. The number of rotatable bonds is 8. The lowest BCUT2D eigenvalue weighted by Crippen LogP contribution is -2.15. The summed E-state index contributed by atoms with van der Waals surface area (Å²) in [5.74, 6) is 1.18. The molecule has 3 rings (SSSR count). The maximum atomic E-state index is 12.3. The summed E-state index contributed by atoms with van der Waals surface area (Å²) in [6.45, 7) is 4.66. The second-order valence-electron chi connectivity index (χ2n) is 6.26. The normalized spacial score (nSPS) is 10.8. The summed E-state index contributed by atoms with van der Waals surface area (Å²) in [5.41, 5.74) is 1.52. The van der Waals surface area contributed by atoms with Gasteiger partial charge in [-0.05, 0) is 49.7 Å². The molecule has 10 heteroatoms. The number of halogens is 3. The number of anilines is 1. The third-order valence-corrected chi connectivity index (χ3v) is 6.14. The smallest absolute Gasteiger partial charge is 0.234 e. The van der Waals surface area contributed by atoms with Crippen molar-refractivity contribution < 1.29 is 9.53 Å². The molecular formula is C20H19Cl3N4O2S. The van der Waals surface area contributed by atoms with Crippen molar-refractivity contribution in [2.24, 2.45) is 0 Å². The van der Waals surface area contributed by atoms with Crippen LogP contribution in [-0.4, -0.2) is 26.4 Å². The van der Waals surface area contributed by atoms with Crippen LogP contribution in [-0.2, 0) is 17.9 Å². The fourth-order valence-electron chi connectivity index (χ4n) is 2.64. The Morgan fingerprint density at radius 1 is 1.17 bits per heavy atom. The Morgan fingerprint density at radius 3 is 2.70 bits per heavy atom. The molecule has 0 aliphatic heterocycles. The van der Waals surface area contributed by atoms with Gasteiger partial charge in [0, 0.05) is 22.3 Å². The Balaban J connectivity index is 1.61. The van der Waals surface area contributed by atoms with Crippen LogP contribution in [0.5, 0.6) is 5.75 Å². The highest BCUT2D eigenvalue weighted by Gasteiger charge is 2.15. The fraction of sp³-hybridized carbons (Fsp3) is 0.250. The van der Waals surface area contributed by atoms with Gasteiger partial charge in [-0.25, -0.2) is 0 Å². The summed E-state index contributed by atoms with van der Waals surface area (Å²) in [4.78, 5) is 12.3. The predicted molar refractivity (Wildman–Crippen MR) is 122 cm³/mol. The minimum Gasteiger partial charge on any atom is -0.484 e. The number of benzene rings is 2. The highest BCUT2D eigenvalue weighted by Crippen LogP contribution is 2.28. The number of ether oxygens (including phenoxy) is 1. The zero-order chi connectivity index (χ0) is 21.7. The molecule has 0 aliphatic rings. The molecule has 3 aromatic rings. The first-order valence-electron chi connectivity index (χ1n) is 9.06. The zero-order valence-corrected chi connectivity index (χ0v) is 19.4. The van der Waals surface area contributed by atoms with E-state index in [1.807, 2.05) is 24.5 Å². The van der Waals surface area contributed by atoms with Crippen molar-refractivity contribution >= 4 is 58.2 Å². The van der Waals surface area contributed by atoms with Crippen LogP contribution in [0.4, 0.5) is 5.69 Å². The second kappa shape index (κ2) is 10.4. The number of nitrogens with zero attached hydrogens (tertiary/aromatic N) is 3. The maximum absolute atomic E-state index is 12.3. The van der Waals surface area contributed by atoms with Crippen LogP contribution in [0.2, 0.25) is 15.1 Å². The van der Waals surface area contributed by atoms with Gasteiger partial charge < -0.3 is 14.6 Å². The molecule has 1 N–H and O–H groups in total. The van der Waals surface area contributed by atoms with E-state index in [1.165, 1.54) is 11.8 Å². The van der Waals surface area contributed by atoms with Gasteiger partial charge in [0.1, 0.15) is 12.4 Å². The van der Waals surface area contributed by atoms with Crippen molar-refractivity contribution in [1.29, 1.82) is 0 Å².